The molecule has 0 heterocycles. The maximum atomic E-state index is 5.35. The third-order valence-corrected chi connectivity index (χ3v) is 1.08. The van der Waals surface area contributed by atoms with Crippen LogP contribution in [0, 0.1) is 0 Å². The summed E-state index contributed by atoms with van der Waals surface area (Å²) in [7, 11) is 0. The summed E-state index contributed by atoms with van der Waals surface area (Å²) in [6, 6.07) is 9.99. The molecule has 0 aliphatic heterocycles. The van der Waals surface area contributed by atoms with Crippen LogP contribution in [0.25, 0.3) is 0 Å². The number of hydrogen-bond acceptors (Lipinski definition) is 1. The lowest BCUT2D eigenvalue weighted by molar-refractivity contribution is 0.823. The summed E-state index contributed by atoms with van der Waals surface area (Å²) in [6.07, 6.45) is 0. The van der Waals surface area contributed by atoms with E-state index in [9.17, 15) is 0 Å². The van der Waals surface area contributed by atoms with Crippen LogP contribution >= 0.6 is 0 Å². The van der Waals surface area contributed by atoms with E-state index < -0.39 is 0 Å². The van der Waals surface area contributed by atoms with Crippen molar-refractivity contribution in [1.82, 2.24) is 0 Å². The normalized spacial score (nSPS) is 7.30. The molecule has 0 unspecified atom stereocenters. The summed E-state index contributed by atoms with van der Waals surface area (Å²) in [6.45, 7) is 0.640. The molecule has 0 atom stereocenters. The van der Waals surface area contributed by atoms with Gasteiger partial charge >= 0.3 is 0 Å². The van der Waals surface area contributed by atoms with Gasteiger partial charge in [-0.2, -0.15) is 0 Å². The number of rotatable bonds is 1. The molecule has 0 saturated heterocycles. The van der Waals surface area contributed by atoms with Gasteiger partial charge in [0.05, 0.1) is 0 Å². The molecule has 0 spiro atoms. The van der Waals surface area contributed by atoms with Gasteiger partial charge in [0.25, 0.3) is 0 Å². The number of benzene rings is 1. The quantitative estimate of drug-likeness (QED) is 0.564. The molecule has 1 aromatic carbocycles. The van der Waals surface area contributed by atoms with E-state index in [0.717, 1.165) is 0 Å². The topological polar surface area (TPSA) is 89.0 Å². The second kappa shape index (κ2) is 6.22. The first-order chi connectivity index (χ1) is 3.93. The van der Waals surface area contributed by atoms with Crippen LogP contribution in [0.2, 0.25) is 0 Å². The van der Waals surface area contributed by atoms with E-state index in [4.69, 9.17) is 5.73 Å². The Balaban J connectivity index is 0. The minimum atomic E-state index is 0. The van der Waals surface area contributed by atoms with Crippen molar-refractivity contribution < 1.29 is 11.0 Å². The summed E-state index contributed by atoms with van der Waals surface area (Å²) < 4.78 is 0. The van der Waals surface area contributed by atoms with Gasteiger partial charge in [0.1, 0.15) is 0 Å². The van der Waals surface area contributed by atoms with Crippen LogP contribution in [-0.2, 0) is 6.54 Å². The standard InChI is InChI=1S/C7H9N.2H2O/c8-6-7-4-2-1-3-5-7;;/h1-5H,6,8H2;2*1H2. The highest BCUT2D eigenvalue weighted by Gasteiger charge is 1.80. The van der Waals surface area contributed by atoms with E-state index in [1.807, 2.05) is 30.3 Å². The summed E-state index contributed by atoms with van der Waals surface area (Å²) in [5.41, 5.74) is 6.54. The van der Waals surface area contributed by atoms with Crippen LogP contribution in [0.5, 0.6) is 0 Å². The van der Waals surface area contributed by atoms with Crippen LogP contribution in [0.4, 0.5) is 0 Å². The first kappa shape index (κ1) is 11.8. The second-order valence-corrected chi connectivity index (χ2v) is 1.69. The van der Waals surface area contributed by atoms with Gasteiger partial charge in [-0.25, -0.2) is 0 Å². The molecule has 10 heavy (non-hydrogen) atoms. The Morgan fingerprint density at radius 1 is 1.00 bits per heavy atom. The lowest BCUT2D eigenvalue weighted by Gasteiger charge is -1.90. The zero-order valence-corrected chi connectivity index (χ0v) is 5.67. The van der Waals surface area contributed by atoms with Crippen molar-refractivity contribution in [2.45, 2.75) is 6.54 Å². The average Bonchev–Trinajstić information content (AvgIpc) is 1.90. The Labute approximate surface area is 60.1 Å². The SMILES string of the molecule is NCc1ccccc1.O.O. The lowest BCUT2D eigenvalue weighted by atomic mass is 10.2. The van der Waals surface area contributed by atoms with Crippen molar-refractivity contribution in [3.63, 3.8) is 0 Å². The molecule has 0 bridgehead atoms. The Morgan fingerprint density at radius 3 is 1.80 bits per heavy atom. The molecule has 0 fully saturated rings. The maximum Gasteiger partial charge on any atom is 0.0178 e. The second-order valence-electron chi connectivity index (χ2n) is 1.69. The highest BCUT2D eigenvalue weighted by molar-refractivity contribution is 5.13. The van der Waals surface area contributed by atoms with Gasteiger partial charge in [-0.3, -0.25) is 0 Å². The van der Waals surface area contributed by atoms with E-state index in [1.165, 1.54) is 5.56 Å². The fourth-order valence-corrected chi connectivity index (χ4v) is 0.614. The summed E-state index contributed by atoms with van der Waals surface area (Å²) in [5, 5.41) is 0. The van der Waals surface area contributed by atoms with Gasteiger partial charge in [-0.1, -0.05) is 30.3 Å². The Hall–Kier alpha value is -0.900. The van der Waals surface area contributed by atoms with Crippen molar-refractivity contribution in [3.05, 3.63) is 35.9 Å². The monoisotopic (exact) mass is 143 g/mol. The van der Waals surface area contributed by atoms with Gasteiger partial charge in [0, 0.05) is 6.54 Å². The van der Waals surface area contributed by atoms with E-state index >= 15 is 0 Å². The summed E-state index contributed by atoms with van der Waals surface area (Å²) in [5.74, 6) is 0. The number of nitrogens with two attached hydrogens (primary N) is 1. The minimum Gasteiger partial charge on any atom is -0.412 e. The third kappa shape index (κ3) is 3.19. The molecule has 0 aliphatic carbocycles. The molecular weight excluding hydrogens is 130 g/mol. The zero-order chi connectivity index (χ0) is 5.82. The van der Waals surface area contributed by atoms with Gasteiger partial charge < -0.3 is 16.7 Å². The third-order valence-electron chi connectivity index (χ3n) is 1.08. The van der Waals surface area contributed by atoms with Crippen LogP contribution in [0.1, 0.15) is 5.56 Å². The Kier molecular flexibility index (Phi) is 7.37. The first-order valence-electron chi connectivity index (χ1n) is 2.67. The number of hydrogen-bond donors (Lipinski definition) is 1. The van der Waals surface area contributed by atoms with Gasteiger partial charge in [0.2, 0.25) is 0 Å². The van der Waals surface area contributed by atoms with E-state index in [1.54, 1.807) is 0 Å². The molecule has 1 rings (SSSR count). The van der Waals surface area contributed by atoms with Gasteiger partial charge in [0.15, 0.2) is 0 Å². The molecule has 3 nitrogen and oxygen atoms in total. The molecule has 0 saturated carbocycles. The highest BCUT2D eigenvalue weighted by atomic mass is 16.0. The van der Waals surface area contributed by atoms with Crippen molar-refractivity contribution in [2.75, 3.05) is 0 Å². The van der Waals surface area contributed by atoms with Crippen molar-refractivity contribution in [1.29, 1.82) is 0 Å². The van der Waals surface area contributed by atoms with Crippen LogP contribution in [0.15, 0.2) is 30.3 Å². The smallest absolute Gasteiger partial charge is 0.0178 e. The van der Waals surface area contributed by atoms with Crippen molar-refractivity contribution >= 4 is 0 Å². The Morgan fingerprint density at radius 2 is 1.50 bits per heavy atom. The summed E-state index contributed by atoms with van der Waals surface area (Å²) >= 11 is 0. The Bertz CT molecular complexity index is 153. The molecule has 0 aromatic heterocycles. The molecule has 0 aliphatic rings. The van der Waals surface area contributed by atoms with Crippen LogP contribution in [-0.4, -0.2) is 11.0 Å². The summed E-state index contributed by atoms with van der Waals surface area (Å²) in [4.78, 5) is 0. The van der Waals surface area contributed by atoms with E-state index in [-0.39, 0.29) is 11.0 Å². The molecule has 0 radical (unpaired) electrons. The fourth-order valence-electron chi connectivity index (χ4n) is 0.614. The van der Waals surface area contributed by atoms with Crippen LogP contribution in [0.3, 0.4) is 0 Å². The molecule has 1 aromatic rings. The molecule has 3 heteroatoms. The van der Waals surface area contributed by atoms with E-state index in [2.05, 4.69) is 0 Å². The van der Waals surface area contributed by atoms with Crippen molar-refractivity contribution in [2.24, 2.45) is 5.73 Å². The average molecular weight is 143 g/mol. The largest absolute Gasteiger partial charge is 0.412 e. The van der Waals surface area contributed by atoms with E-state index in [0.29, 0.717) is 6.54 Å². The molecule has 6 N–H and O–H groups in total. The first-order valence-corrected chi connectivity index (χ1v) is 2.67. The van der Waals surface area contributed by atoms with Gasteiger partial charge in [-0.15, -0.1) is 0 Å². The fraction of sp³-hybridized carbons (Fsp3) is 0.143. The van der Waals surface area contributed by atoms with Gasteiger partial charge in [-0.05, 0) is 5.56 Å². The maximum absolute atomic E-state index is 5.35. The molecule has 58 valence electrons. The molecular formula is C7H13NO2. The van der Waals surface area contributed by atoms with Crippen LogP contribution < -0.4 is 5.73 Å². The lowest BCUT2D eigenvalue weighted by Crippen LogP contribution is -1.94. The zero-order valence-electron chi connectivity index (χ0n) is 5.67. The predicted octanol–water partition coefficient (Wildman–Crippen LogP) is -0.504. The molecule has 0 amide bonds. The highest BCUT2D eigenvalue weighted by Crippen LogP contribution is 1.94. The minimum absolute atomic E-state index is 0. The van der Waals surface area contributed by atoms with Crippen molar-refractivity contribution in [3.8, 4) is 0 Å². The predicted molar refractivity (Wildman–Crippen MR) is 41.6 cm³/mol.